The van der Waals surface area contributed by atoms with Gasteiger partial charge in [-0.05, 0) is 22.2 Å². The van der Waals surface area contributed by atoms with Gasteiger partial charge in [0.25, 0.3) is 0 Å². The first-order chi connectivity index (χ1) is 5.71. The lowest BCUT2D eigenvalue weighted by molar-refractivity contribution is 0.613. The normalized spacial score (nSPS) is 22.3. The van der Waals surface area contributed by atoms with Crippen molar-refractivity contribution in [3.05, 3.63) is 12.2 Å². The lowest BCUT2D eigenvalue weighted by Crippen LogP contribution is -2.49. The topological polar surface area (TPSA) is 0 Å². The van der Waals surface area contributed by atoms with Crippen LogP contribution in [0.4, 0.5) is 0 Å². The standard InChI is InChI=1S/C12H24Si/c1-11(2,3)13(12(4,5)6)9-7-8-10-13/h7-8H,9-10H2,1-6H3. The highest BCUT2D eigenvalue weighted by Crippen LogP contribution is 2.57. The van der Waals surface area contributed by atoms with E-state index in [1.54, 1.807) is 0 Å². The molecule has 0 nitrogen and oxygen atoms in total. The van der Waals surface area contributed by atoms with E-state index >= 15 is 0 Å². The summed E-state index contributed by atoms with van der Waals surface area (Å²) >= 11 is 0. The van der Waals surface area contributed by atoms with Gasteiger partial charge in [-0.25, -0.2) is 0 Å². The third-order valence-corrected chi connectivity index (χ3v) is 11.6. The summed E-state index contributed by atoms with van der Waals surface area (Å²) < 4.78 is 0. The summed E-state index contributed by atoms with van der Waals surface area (Å²) in [4.78, 5) is 0. The minimum absolute atomic E-state index is 0.536. The molecule has 0 aliphatic carbocycles. The number of hydrogen-bond donors (Lipinski definition) is 0. The molecule has 0 radical (unpaired) electrons. The van der Waals surface area contributed by atoms with E-state index in [1.807, 2.05) is 0 Å². The van der Waals surface area contributed by atoms with Gasteiger partial charge >= 0.3 is 0 Å². The molecule has 0 bridgehead atoms. The fourth-order valence-corrected chi connectivity index (χ4v) is 9.01. The third-order valence-electron chi connectivity index (χ3n) is 3.97. The van der Waals surface area contributed by atoms with Crippen molar-refractivity contribution < 1.29 is 0 Å². The van der Waals surface area contributed by atoms with E-state index in [-0.39, 0.29) is 0 Å². The van der Waals surface area contributed by atoms with Crippen LogP contribution in [0, 0.1) is 0 Å². The first kappa shape index (κ1) is 11.0. The Labute approximate surface area is 84.4 Å². The van der Waals surface area contributed by atoms with Crippen molar-refractivity contribution in [2.24, 2.45) is 0 Å². The van der Waals surface area contributed by atoms with Crippen molar-refractivity contribution in [2.75, 3.05) is 0 Å². The van der Waals surface area contributed by atoms with E-state index < -0.39 is 8.07 Å². The molecule has 0 aromatic heterocycles. The molecular weight excluding hydrogens is 172 g/mol. The van der Waals surface area contributed by atoms with E-state index in [1.165, 1.54) is 12.1 Å². The van der Waals surface area contributed by atoms with Gasteiger partial charge in [0.2, 0.25) is 0 Å². The van der Waals surface area contributed by atoms with E-state index in [9.17, 15) is 0 Å². The Bertz CT molecular complexity index is 188. The molecule has 76 valence electrons. The molecule has 0 saturated carbocycles. The number of rotatable bonds is 0. The van der Waals surface area contributed by atoms with Gasteiger partial charge < -0.3 is 0 Å². The molecule has 0 saturated heterocycles. The smallest absolute Gasteiger partial charge is 0.0718 e. The maximum absolute atomic E-state index is 2.44. The molecule has 0 atom stereocenters. The van der Waals surface area contributed by atoms with Crippen LogP contribution in [0.2, 0.25) is 22.2 Å². The molecule has 0 spiro atoms. The van der Waals surface area contributed by atoms with Crippen molar-refractivity contribution >= 4 is 8.07 Å². The summed E-state index contributed by atoms with van der Waals surface area (Å²) in [5, 5.41) is 1.07. The molecule has 0 aromatic carbocycles. The molecule has 0 aromatic rings. The Kier molecular flexibility index (Phi) is 2.53. The predicted molar refractivity (Wildman–Crippen MR) is 63.9 cm³/mol. The van der Waals surface area contributed by atoms with Crippen LogP contribution >= 0.6 is 0 Å². The van der Waals surface area contributed by atoms with Crippen LogP contribution < -0.4 is 0 Å². The Morgan fingerprint density at radius 1 is 0.769 bits per heavy atom. The predicted octanol–water partition coefficient (Wildman–Crippen LogP) is 4.61. The zero-order chi connectivity index (χ0) is 10.3. The highest BCUT2D eigenvalue weighted by Gasteiger charge is 2.52. The van der Waals surface area contributed by atoms with Crippen LogP contribution in [0.15, 0.2) is 12.2 Å². The largest absolute Gasteiger partial charge is 0.0914 e. The second-order valence-corrected chi connectivity index (χ2v) is 12.4. The Morgan fingerprint density at radius 3 is 1.23 bits per heavy atom. The second-order valence-electron chi connectivity index (χ2n) is 6.46. The second kappa shape index (κ2) is 2.98. The summed E-state index contributed by atoms with van der Waals surface area (Å²) in [5.41, 5.74) is 0. The maximum Gasteiger partial charge on any atom is 0.0718 e. The molecule has 1 aliphatic rings. The minimum Gasteiger partial charge on any atom is -0.0914 e. The zero-order valence-corrected chi connectivity index (χ0v) is 11.1. The van der Waals surface area contributed by atoms with Crippen molar-refractivity contribution in [1.82, 2.24) is 0 Å². The van der Waals surface area contributed by atoms with Crippen molar-refractivity contribution in [3.63, 3.8) is 0 Å². The van der Waals surface area contributed by atoms with Gasteiger partial charge in [-0.1, -0.05) is 53.7 Å². The van der Waals surface area contributed by atoms with Gasteiger partial charge in [0.1, 0.15) is 0 Å². The lowest BCUT2D eigenvalue weighted by atomic mass is 10.2. The Balaban J connectivity index is 3.04. The van der Waals surface area contributed by atoms with Crippen molar-refractivity contribution in [1.29, 1.82) is 0 Å². The molecule has 0 amide bonds. The SMILES string of the molecule is CC(C)(C)[Si]1(C(C)(C)C)CC=CC1. The monoisotopic (exact) mass is 196 g/mol. The van der Waals surface area contributed by atoms with Crippen molar-refractivity contribution in [2.45, 2.75) is 63.7 Å². The van der Waals surface area contributed by atoms with Gasteiger partial charge in [0, 0.05) is 0 Å². The van der Waals surface area contributed by atoms with Crippen LogP contribution in [0.25, 0.3) is 0 Å². The summed E-state index contributed by atoms with van der Waals surface area (Å²) in [6.07, 6.45) is 4.84. The molecule has 13 heavy (non-hydrogen) atoms. The van der Waals surface area contributed by atoms with Crippen LogP contribution in [-0.4, -0.2) is 8.07 Å². The van der Waals surface area contributed by atoms with Crippen LogP contribution in [0.5, 0.6) is 0 Å². The molecule has 1 heteroatoms. The lowest BCUT2D eigenvalue weighted by Gasteiger charge is -2.50. The summed E-state index contributed by atoms with van der Waals surface area (Å²) in [5.74, 6) is 0. The van der Waals surface area contributed by atoms with Gasteiger partial charge in [0.15, 0.2) is 0 Å². The fourth-order valence-electron chi connectivity index (χ4n) is 3.00. The average Bonchev–Trinajstić information content (AvgIpc) is 2.28. The molecular formula is C12H24Si. The molecule has 0 fully saturated rings. The summed E-state index contributed by atoms with van der Waals surface area (Å²) in [6.45, 7) is 14.7. The molecule has 1 aliphatic heterocycles. The molecule has 1 heterocycles. The first-order valence-corrected chi connectivity index (χ1v) is 7.77. The van der Waals surface area contributed by atoms with E-state index in [2.05, 4.69) is 53.7 Å². The van der Waals surface area contributed by atoms with Gasteiger partial charge in [0.05, 0.1) is 8.07 Å². The average molecular weight is 196 g/mol. The van der Waals surface area contributed by atoms with Crippen molar-refractivity contribution in [3.8, 4) is 0 Å². The number of hydrogen-bond acceptors (Lipinski definition) is 0. The zero-order valence-electron chi connectivity index (χ0n) is 10.1. The highest BCUT2D eigenvalue weighted by atomic mass is 28.3. The fraction of sp³-hybridized carbons (Fsp3) is 0.833. The summed E-state index contributed by atoms with van der Waals surface area (Å²) in [7, 11) is -1.15. The molecule has 0 N–H and O–H groups in total. The summed E-state index contributed by atoms with van der Waals surface area (Å²) in [6, 6.07) is 2.78. The van der Waals surface area contributed by atoms with E-state index in [0.717, 1.165) is 0 Å². The maximum atomic E-state index is 2.44. The first-order valence-electron chi connectivity index (χ1n) is 5.36. The van der Waals surface area contributed by atoms with Crippen LogP contribution in [-0.2, 0) is 0 Å². The quantitative estimate of drug-likeness (QED) is 0.392. The highest BCUT2D eigenvalue weighted by molar-refractivity contribution is 6.86. The number of allylic oxidation sites excluding steroid dienone is 2. The van der Waals surface area contributed by atoms with Gasteiger partial charge in [-0.3, -0.25) is 0 Å². The van der Waals surface area contributed by atoms with E-state index in [0.29, 0.717) is 10.1 Å². The van der Waals surface area contributed by atoms with Gasteiger partial charge in [-0.15, -0.1) is 0 Å². The van der Waals surface area contributed by atoms with Gasteiger partial charge in [-0.2, -0.15) is 0 Å². The van der Waals surface area contributed by atoms with Crippen LogP contribution in [0.1, 0.15) is 41.5 Å². The van der Waals surface area contributed by atoms with Crippen LogP contribution in [0.3, 0.4) is 0 Å². The Hall–Kier alpha value is -0.0431. The minimum atomic E-state index is -1.15. The third kappa shape index (κ3) is 1.63. The van der Waals surface area contributed by atoms with E-state index in [4.69, 9.17) is 0 Å². The molecule has 1 rings (SSSR count). The Morgan fingerprint density at radius 2 is 1.08 bits per heavy atom. The molecule has 0 unspecified atom stereocenters.